The Morgan fingerprint density at radius 2 is 2.00 bits per heavy atom. The van der Waals surface area contributed by atoms with Gasteiger partial charge in [0.15, 0.2) is 0 Å². The van der Waals surface area contributed by atoms with E-state index in [0.717, 1.165) is 11.6 Å². The number of rotatable bonds is 2. The molecule has 1 aliphatic carbocycles. The molecule has 0 aromatic rings. The fourth-order valence-corrected chi connectivity index (χ4v) is 2.16. The SMILES string of the molecule is CC(P)CC1CCCC1. The van der Waals surface area contributed by atoms with Crippen molar-refractivity contribution in [3.63, 3.8) is 0 Å². The third kappa shape index (κ3) is 2.67. The first-order valence-corrected chi connectivity index (χ1v) is 4.71. The molecule has 54 valence electrons. The monoisotopic (exact) mass is 144 g/mol. The minimum Gasteiger partial charge on any atom is -0.135 e. The maximum absolute atomic E-state index is 2.89. The van der Waals surface area contributed by atoms with E-state index in [2.05, 4.69) is 16.2 Å². The summed E-state index contributed by atoms with van der Waals surface area (Å²) in [6.07, 6.45) is 7.41. The molecule has 0 spiro atoms. The van der Waals surface area contributed by atoms with Crippen LogP contribution in [-0.2, 0) is 0 Å². The third-order valence-corrected chi connectivity index (χ3v) is 2.45. The second kappa shape index (κ2) is 3.56. The van der Waals surface area contributed by atoms with Gasteiger partial charge >= 0.3 is 0 Å². The Bertz CT molecular complexity index is 72.6. The van der Waals surface area contributed by atoms with Crippen LogP contribution < -0.4 is 0 Å². The zero-order valence-electron chi connectivity index (χ0n) is 6.27. The van der Waals surface area contributed by atoms with E-state index in [9.17, 15) is 0 Å². The molecule has 2 unspecified atom stereocenters. The Labute approximate surface area is 60.6 Å². The summed E-state index contributed by atoms with van der Waals surface area (Å²) in [5.74, 6) is 1.07. The van der Waals surface area contributed by atoms with E-state index in [1.54, 1.807) is 0 Å². The molecule has 1 rings (SSSR count). The van der Waals surface area contributed by atoms with Crippen LogP contribution in [0.2, 0.25) is 0 Å². The van der Waals surface area contributed by atoms with Gasteiger partial charge in [-0.05, 0) is 18.0 Å². The van der Waals surface area contributed by atoms with Crippen molar-refractivity contribution >= 4 is 9.24 Å². The summed E-state index contributed by atoms with van der Waals surface area (Å²) in [6, 6.07) is 0. The van der Waals surface area contributed by atoms with Crippen molar-refractivity contribution in [2.75, 3.05) is 0 Å². The number of hydrogen-bond acceptors (Lipinski definition) is 0. The van der Waals surface area contributed by atoms with E-state index in [1.807, 2.05) is 0 Å². The summed E-state index contributed by atoms with van der Waals surface area (Å²) >= 11 is 0. The Balaban J connectivity index is 2.11. The van der Waals surface area contributed by atoms with Crippen molar-refractivity contribution in [2.24, 2.45) is 5.92 Å². The van der Waals surface area contributed by atoms with Crippen LogP contribution in [0.25, 0.3) is 0 Å². The molecular formula is C8H17P. The first-order chi connectivity index (χ1) is 4.29. The third-order valence-electron chi connectivity index (χ3n) is 2.18. The van der Waals surface area contributed by atoms with Gasteiger partial charge < -0.3 is 0 Å². The molecule has 1 fully saturated rings. The lowest BCUT2D eigenvalue weighted by Crippen LogP contribution is -1.99. The molecule has 0 heterocycles. The topological polar surface area (TPSA) is 0 Å². The van der Waals surface area contributed by atoms with Crippen molar-refractivity contribution < 1.29 is 0 Å². The lowest BCUT2D eigenvalue weighted by atomic mass is 10.0. The second-order valence-corrected chi connectivity index (χ2v) is 4.50. The van der Waals surface area contributed by atoms with Gasteiger partial charge in [0.25, 0.3) is 0 Å². The highest BCUT2D eigenvalue weighted by Gasteiger charge is 2.15. The van der Waals surface area contributed by atoms with Crippen LogP contribution in [0.1, 0.15) is 39.0 Å². The quantitative estimate of drug-likeness (QED) is 0.523. The highest BCUT2D eigenvalue weighted by atomic mass is 31.0. The minimum atomic E-state index is 0.841. The van der Waals surface area contributed by atoms with Crippen LogP contribution >= 0.6 is 9.24 Å². The molecule has 0 radical (unpaired) electrons. The molecule has 0 saturated heterocycles. The Morgan fingerprint density at radius 3 is 2.44 bits per heavy atom. The average molecular weight is 144 g/mol. The Kier molecular flexibility index (Phi) is 2.98. The van der Waals surface area contributed by atoms with Crippen molar-refractivity contribution in [2.45, 2.75) is 44.7 Å². The van der Waals surface area contributed by atoms with Gasteiger partial charge in [0, 0.05) is 0 Å². The normalized spacial score (nSPS) is 24.7. The standard InChI is InChI=1S/C8H17P/c1-7(9)6-8-4-2-3-5-8/h7-8H,2-6,9H2,1H3. The molecule has 1 aliphatic rings. The van der Waals surface area contributed by atoms with Crippen LogP contribution in [-0.4, -0.2) is 5.66 Å². The van der Waals surface area contributed by atoms with Gasteiger partial charge in [-0.1, -0.05) is 32.6 Å². The molecule has 0 nitrogen and oxygen atoms in total. The molecule has 9 heavy (non-hydrogen) atoms. The molecule has 0 aromatic heterocycles. The Morgan fingerprint density at radius 1 is 1.44 bits per heavy atom. The largest absolute Gasteiger partial charge is 0.135 e. The molecule has 1 saturated carbocycles. The first kappa shape index (κ1) is 7.54. The first-order valence-electron chi connectivity index (χ1n) is 4.04. The van der Waals surface area contributed by atoms with E-state index < -0.39 is 0 Å². The summed E-state index contributed by atoms with van der Waals surface area (Å²) < 4.78 is 0. The smallest absolute Gasteiger partial charge is 0.0290 e. The Hall–Kier alpha value is 0.430. The molecule has 0 bridgehead atoms. The zero-order chi connectivity index (χ0) is 6.69. The van der Waals surface area contributed by atoms with Gasteiger partial charge in [-0.2, -0.15) is 0 Å². The molecule has 0 amide bonds. The second-order valence-electron chi connectivity index (χ2n) is 3.36. The van der Waals surface area contributed by atoms with Gasteiger partial charge in [-0.3, -0.25) is 0 Å². The predicted molar refractivity (Wildman–Crippen MR) is 45.7 cm³/mol. The fraction of sp³-hybridized carbons (Fsp3) is 1.00. The van der Waals surface area contributed by atoms with Gasteiger partial charge in [-0.25, -0.2) is 0 Å². The van der Waals surface area contributed by atoms with Crippen LogP contribution in [0.5, 0.6) is 0 Å². The van der Waals surface area contributed by atoms with Crippen LogP contribution in [0, 0.1) is 5.92 Å². The van der Waals surface area contributed by atoms with E-state index in [1.165, 1.54) is 32.1 Å². The van der Waals surface area contributed by atoms with Gasteiger partial charge in [-0.15, -0.1) is 9.24 Å². The van der Waals surface area contributed by atoms with E-state index in [0.29, 0.717) is 0 Å². The number of hydrogen-bond donors (Lipinski definition) is 0. The van der Waals surface area contributed by atoms with Crippen LogP contribution in [0.3, 0.4) is 0 Å². The zero-order valence-corrected chi connectivity index (χ0v) is 7.42. The molecule has 0 N–H and O–H groups in total. The van der Waals surface area contributed by atoms with Crippen molar-refractivity contribution in [3.05, 3.63) is 0 Å². The minimum absolute atomic E-state index is 0.841. The van der Waals surface area contributed by atoms with E-state index >= 15 is 0 Å². The summed E-state index contributed by atoms with van der Waals surface area (Å²) in [7, 11) is 2.89. The van der Waals surface area contributed by atoms with Crippen molar-refractivity contribution in [1.82, 2.24) is 0 Å². The maximum atomic E-state index is 2.89. The van der Waals surface area contributed by atoms with Crippen molar-refractivity contribution in [1.29, 1.82) is 0 Å². The lowest BCUT2D eigenvalue weighted by Gasteiger charge is -2.10. The molecule has 0 aromatic carbocycles. The highest BCUT2D eigenvalue weighted by Crippen LogP contribution is 2.29. The lowest BCUT2D eigenvalue weighted by molar-refractivity contribution is 0.503. The van der Waals surface area contributed by atoms with Gasteiger partial charge in [0.05, 0.1) is 0 Å². The predicted octanol–water partition coefficient (Wildman–Crippen LogP) is 2.83. The molecule has 1 heteroatoms. The fourth-order valence-electron chi connectivity index (χ4n) is 1.77. The van der Waals surface area contributed by atoms with Crippen LogP contribution in [0.4, 0.5) is 0 Å². The van der Waals surface area contributed by atoms with Crippen LogP contribution in [0.15, 0.2) is 0 Å². The van der Waals surface area contributed by atoms with E-state index in [-0.39, 0.29) is 0 Å². The molecular weight excluding hydrogens is 127 g/mol. The maximum Gasteiger partial charge on any atom is -0.0290 e. The summed E-state index contributed by atoms with van der Waals surface area (Å²) in [6.45, 7) is 2.29. The van der Waals surface area contributed by atoms with Gasteiger partial charge in [0.1, 0.15) is 0 Å². The summed E-state index contributed by atoms with van der Waals surface area (Å²) in [4.78, 5) is 0. The summed E-state index contributed by atoms with van der Waals surface area (Å²) in [5.41, 5.74) is 0.841. The van der Waals surface area contributed by atoms with Crippen molar-refractivity contribution in [3.8, 4) is 0 Å². The highest BCUT2D eigenvalue weighted by molar-refractivity contribution is 7.17. The van der Waals surface area contributed by atoms with Gasteiger partial charge in [0.2, 0.25) is 0 Å². The molecule has 2 atom stereocenters. The average Bonchev–Trinajstić information content (AvgIpc) is 2.15. The van der Waals surface area contributed by atoms with E-state index in [4.69, 9.17) is 0 Å². The molecule has 0 aliphatic heterocycles. The summed E-state index contributed by atoms with van der Waals surface area (Å²) in [5, 5.41) is 0.